The second kappa shape index (κ2) is 21.5. The van der Waals surface area contributed by atoms with Crippen molar-refractivity contribution in [1.82, 2.24) is 0 Å². The standard InChI is InChI=1S/C22H18O8.5C2H4O2/c23-16-8-5-13(6-9-16)20(26)30-21(27)12-14-3-1-2-4-19(14)29-22(21,28)15-7-10-17(24)18(25)11-15;5*1-2(3)4/h1-11,23-25,27-28H,12H2;5*1H3,(H,3,4). The van der Waals surface area contributed by atoms with E-state index in [1.807, 2.05) is 0 Å². The summed E-state index contributed by atoms with van der Waals surface area (Å²) in [6.45, 7) is 5.42. The third kappa shape index (κ3) is 18.1. The van der Waals surface area contributed by atoms with Crippen molar-refractivity contribution < 1.29 is 89.3 Å². The first-order valence-electron chi connectivity index (χ1n) is 13.6. The number of rotatable bonds is 3. The molecule has 0 aliphatic carbocycles. The zero-order valence-electron chi connectivity index (χ0n) is 27.3. The summed E-state index contributed by atoms with van der Waals surface area (Å²) in [7, 11) is 0. The number of ether oxygens (including phenoxy) is 2. The van der Waals surface area contributed by atoms with Crippen molar-refractivity contribution in [3.05, 3.63) is 83.4 Å². The van der Waals surface area contributed by atoms with E-state index < -0.39 is 58.9 Å². The van der Waals surface area contributed by atoms with Crippen LogP contribution >= 0.6 is 0 Å². The molecule has 2 atom stereocenters. The van der Waals surface area contributed by atoms with Crippen LogP contribution in [0.15, 0.2) is 66.7 Å². The van der Waals surface area contributed by atoms with Crippen LogP contribution in [0.4, 0.5) is 0 Å². The fourth-order valence-corrected chi connectivity index (χ4v) is 3.30. The SMILES string of the molecule is CC(=O)O.CC(=O)O.CC(=O)O.CC(=O)O.CC(=O)O.O=C(OC1(O)Cc2ccccc2OC1(O)c1ccc(O)c(O)c1)c1ccc(O)cc1. The number of hydrogen-bond donors (Lipinski definition) is 10. The number of para-hydroxylation sites is 1. The largest absolute Gasteiger partial charge is 0.508 e. The molecule has 0 saturated carbocycles. The van der Waals surface area contributed by atoms with Crippen molar-refractivity contribution in [1.29, 1.82) is 0 Å². The van der Waals surface area contributed by atoms with Gasteiger partial charge in [-0.15, -0.1) is 0 Å². The highest BCUT2D eigenvalue weighted by atomic mass is 16.7. The fourth-order valence-electron chi connectivity index (χ4n) is 3.30. The molecule has 1 aliphatic rings. The maximum atomic E-state index is 12.7. The normalized spacial score (nSPS) is 16.1. The number of carbonyl (C=O) groups is 6. The van der Waals surface area contributed by atoms with Crippen LogP contribution in [0.2, 0.25) is 0 Å². The molecular weight excluding hydrogens is 672 g/mol. The molecule has 0 fully saturated rings. The molecule has 3 aromatic carbocycles. The van der Waals surface area contributed by atoms with Crippen LogP contribution in [0.1, 0.15) is 56.1 Å². The lowest BCUT2D eigenvalue weighted by Gasteiger charge is -2.45. The molecule has 0 radical (unpaired) electrons. The van der Waals surface area contributed by atoms with Crippen molar-refractivity contribution in [2.75, 3.05) is 0 Å². The number of aromatic hydroxyl groups is 3. The average Bonchev–Trinajstić information content (AvgIpc) is 2.94. The molecule has 1 heterocycles. The Hall–Kier alpha value is -6.40. The predicted molar refractivity (Wildman–Crippen MR) is 169 cm³/mol. The van der Waals surface area contributed by atoms with Crippen molar-refractivity contribution in [3.8, 4) is 23.0 Å². The van der Waals surface area contributed by atoms with Gasteiger partial charge in [0, 0.05) is 52.2 Å². The Kier molecular flexibility index (Phi) is 19.6. The number of carbonyl (C=O) groups excluding carboxylic acids is 1. The van der Waals surface area contributed by atoms with Gasteiger partial charge in [-0.2, -0.15) is 0 Å². The molecule has 3 aromatic rings. The van der Waals surface area contributed by atoms with Crippen molar-refractivity contribution in [2.24, 2.45) is 0 Å². The lowest BCUT2D eigenvalue weighted by atomic mass is 9.87. The Balaban J connectivity index is 0. The van der Waals surface area contributed by atoms with Gasteiger partial charge >= 0.3 is 11.8 Å². The van der Waals surface area contributed by atoms with E-state index in [9.17, 15) is 30.3 Å². The maximum absolute atomic E-state index is 12.7. The zero-order chi connectivity index (χ0) is 39.4. The molecule has 4 rings (SSSR count). The molecule has 0 spiro atoms. The Labute approximate surface area is 284 Å². The lowest BCUT2D eigenvalue weighted by Crippen LogP contribution is -2.61. The summed E-state index contributed by atoms with van der Waals surface area (Å²) in [4.78, 5) is 57.7. The van der Waals surface area contributed by atoms with Crippen LogP contribution in [0.3, 0.4) is 0 Å². The monoisotopic (exact) mass is 710 g/mol. The number of aliphatic hydroxyl groups is 2. The fraction of sp³-hybridized carbons (Fsp3) is 0.250. The van der Waals surface area contributed by atoms with Gasteiger partial charge in [0.15, 0.2) is 11.5 Å². The number of aliphatic carboxylic acids is 5. The highest BCUT2D eigenvalue weighted by molar-refractivity contribution is 5.89. The molecule has 274 valence electrons. The van der Waals surface area contributed by atoms with E-state index in [1.165, 1.54) is 30.3 Å². The second-order valence-electron chi connectivity index (χ2n) is 9.55. The first-order valence-corrected chi connectivity index (χ1v) is 13.6. The summed E-state index contributed by atoms with van der Waals surface area (Å²) >= 11 is 0. The van der Waals surface area contributed by atoms with Crippen LogP contribution in [0.5, 0.6) is 23.0 Å². The van der Waals surface area contributed by atoms with E-state index in [2.05, 4.69) is 0 Å². The molecule has 0 aromatic heterocycles. The first kappa shape index (κ1) is 45.7. The molecule has 2 unspecified atom stereocenters. The van der Waals surface area contributed by atoms with Crippen molar-refractivity contribution in [3.63, 3.8) is 0 Å². The van der Waals surface area contributed by atoms with Gasteiger partial charge in [0.25, 0.3) is 35.6 Å². The topological polar surface area (TPSA) is 323 Å². The van der Waals surface area contributed by atoms with E-state index in [1.54, 1.807) is 24.3 Å². The van der Waals surface area contributed by atoms with E-state index in [4.69, 9.17) is 59.0 Å². The third-order valence-electron chi connectivity index (χ3n) is 4.92. The Morgan fingerprint density at radius 1 is 0.620 bits per heavy atom. The van der Waals surface area contributed by atoms with E-state index in [-0.39, 0.29) is 29.0 Å². The Morgan fingerprint density at radius 2 is 1.04 bits per heavy atom. The van der Waals surface area contributed by atoms with Crippen LogP contribution in [0, 0.1) is 0 Å². The van der Waals surface area contributed by atoms with Crippen molar-refractivity contribution in [2.45, 2.75) is 52.6 Å². The summed E-state index contributed by atoms with van der Waals surface area (Å²) in [5, 5.41) is 88.6. The summed E-state index contributed by atoms with van der Waals surface area (Å²) < 4.78 is 11.0. The summed E-state index contributed by atoms with van der Waals surface area (Å²) in [6.07, 6.45) is -0.314. The van der Waals surface area contributed by atoms with E-state index in [0.29, 0.717) is 5.56 Å². The van der Waals surface area contributed by atoms with Crippen LogP contribution in [-0.2, 0) is 40.9 Å². The second-order valence-corrected chi connectivity index (χ2v) is 9.55. The van der Waals surface area contributed by atoms with E-state index in [0.717, 1.165) is 46.8 Å². The van der Waals surface area contributed by atoms with Gasteiger partial charge < -0.3 is 60.5 Å². The van der Waals surface area contributed by atoms with Gasteiger partial charge in [-0.1, -0.05) is 18.2 Å². The van der Waals surface area contributed by atoms with E-state index >= 15 is 0 Å². The summed E-state index contributed by atoms with van der Waals surface area (Å²) in [5.41, 5.74) is 0.357. The molecule has 50 heavy (non-hydrogen) atoms. The zero-order valence-corrected chi connectivity index (χ0v) is 27.3. The maximum Gasteiger partial charge on any atom is 0.340 e. The lowest BCUT2D eigenvalue weighted by molar-refractivity contribution is -0.356. The molecule has 18 heteroatoms. The quantitative estimate of drug-likeness (QED) is 0.106. The Bertz CT molecular complexity index is 1510. The number of benzene rings is 3. The predicted octanol–water partition coefficient (Wildman–Crippen LogP) is 2.58. The average molecular weight is 711 g/mol. The van der Waals surface area contributed by atoms with Gasteiger partial charge in [-0.3, -0.25) is 24.0 Å². The van der Waals surface area contributed by atoms with Gasteiger partial charge in [-0.05, 0) is 48.5 Å². The van der Waals surface area contributed by atoms with Crippen molar-refractivity contribution >= 4 is 35.8 Å². The highest BCUT2D eigenvalue weighted by Gasteiger charge is 2.60. The Morgan fingerprint density at radius 3 is 1.46 bits per heavy atom. The van der Waals surface area contributed by atoms with Gasteiger partial charge in [-0.25, -0.2) is 4.79 Å². The van der Waals surface area contributed by atoms with Crippen LogP contribution in [-0.4, -0.2) is 92.7 Å². The minimum absolute atomic E-state index is 0.0241. The highest BCUT2D eigenvalue weighted by Crippen LogP contribution is 2.46. The number of carboxylic acids is 5. The molecule has 0 bridgehead atoms. The third-order valence-corrected chi connectivity index (χ3v) is 4.92. The van der Waals surface area contributed by atoms with Crippen LogP contribution < -0.4 is 4.74 Å². The van der Waals surface area contributed by atoms with Gasteiger partial charge in [0.1, 0.15) is 11.5 Å². The summed E-state index contributed by atoms with van der Waals surface area (Å²) in [6, 6.07) is 15.1. The molecule has 0 amide bonds. The van der Waals surface area contributed by atoms with Gasteiger partial charge in [0.2, 0.25) is 0 Å². The molecular formula is C32H38O18. The minimum atomic E-state index is -2.60. The number of phenolic OH excluding ortho intramolecular Hbond substituents is 3. The molecule has 1 aliphatic heterocycles. The summed E-state index contributed by atoms with van der Waals surface area (Å²) in [5.74, 6) is -11.1. The number of hydrogen-bond acceptors (Lipinski definition) is 13. The number of phenols is 3. The first-order chi connectivity index (χ1) is 22.9. The van der Waals surface area contributed by atoms with Crippen LogP contribution in [0.25, 0.3) is 0 Å². The minimum Gasteiger partial charge on any atom is -0.508 e. The number of carboxylic acid groups (broad SMARTS) is 5. The number of fused-ring (bicyclic) bond motifs is 1. The molecule has 18 nitrogen and oxygen atoms in total. The smallest absolute Gasteiger partial charge is 0.340 e. The number of esters is 1. The molecule has 10 N–H and O–H groups in total. The van der Waals surface area contributed by atoms with Gasteiger partial charge in [0.05, 0.1) is 5.56 Å². The molecule has 0 saturated heterocycles.